The number of aliphatic hydroxyl groups excluding tert-OH is 1. The fourth-order valence-corrected chi connectivity index (χ4v) is 2.88. The molecule has 2 unspecified atom stereocenters. The molecule has 1 aromatic carbocycles. The van der Waals surface area contributed by atoms with E-state index in [2.05, 4.69) is 26.6 Å². The molecule has 1 fully saturated rings. The summed E-state index contributed by atoms with van der Waals surface area (Å²) in [6.45, 7) is 1.88. The van der Waals surface area contributed by atoms with Crippen LogP contribution >= 0.6 is 39.9 Å². The number of nitrogens with one attached hydrogen (secondary N) is 2. The van der Waals surface area contributed by atoms with Crippen molar-refractivity contribution < 1.29 is 9.90 Å². The van der Waals surface area contributed by atoms with Crippen LogP contribution in [0.25, 0.3) is 0 Å². The molecule has 21 heavy (non-hydrogen) atoms. The molecule has 4 nitrogen and oxygen atoms in total. The molecule has 1 saturated heterocycles. The van der Waals surface area contributed by atoms with Gasteiger partial charge in [0, 0.05) is 41.5 Å². The Balaban J connectivity index is 0.00000220. The maximum absolute atomic E-state index is 11.8. The molecule has 1 aliphatic heterocycles. The van der Waals surface area contributed by atoms with Gasteiger partial charge in [-0.15, -0.1) is 12.4 Å². The molecule has 1 amide bonds. The number of rotatable bonds is 5. The summed E-state index contributed by atoms with van der Waals surface area (Å²) in [5, 5.41) is 16.3. The molecule has 1 heterocycles. The molecule has 2 atom stereocenters. The molecule has 118 valence electrons. The third-order valence-corrected chi connectivity index (χ3v) is 4.50. The molecule has 7 heteroatoms. The number of carbonyl (C=O) groups is 1. The van der Waals surface area contributed by atoms with Crippen molar-refractivity contribution >= 4 is 45.8 Å². The van der Waals surface area contributed by atoms with Crippen molar-refractivity contribution in [3.05, 3.63) is 33.3 Å². The molecule has 0 saturated carbocycles. The van der Waals surface area contributed by atoms with Crippen LogP contribution in [-0.4, -0.2) is 36.8 Å². The minimum absolute atomic E-state index is 0. The van der Waals surface area contributed by atoms with Gasteiger partial charge in [-0.3, -0.25) is 4.79 Å². The average Bonchev–Trinajstić information content (AvgIpc) is 2.83. The second-order valence-electron chi connectivity index (χ2n) is 5.03. The normalized spacial score (nSPS) is 20.9. The Kier molecular flexibility index (Phi) is 7.98. The Morgan fingerprint density at radius 1 is 1.48 bits per heavy atom. The molecule has 1 aromatic rings. The van der Waals surface area contributed by atoms with Crippen molar-refractivity contribution in [1.29, 1.82) is 0 Å². The van der Waals surface area contributed by atoms with Crippen LogP contribution in [0.3, 0.4) is 0 Å². The first-order chi connectivity index (χ1) is 9.56. The standard InChI is InChI=1S/C14H18BrClN2O2.ClH/c15-12-3-2-11(16)5-9(12)1-4-14(20)18-7-10-6-17-8-13(10)19;/h2-3,5,10,13,17,19H,1,4,6-8H2,(H,18,20);1H. The van der Waals surface area contributed by atoms with E-state index in [4.69, 9.17) is 11.6 Å². The van der Waals surface area contributed by atoms with E-state index in [0.717, 1.165) is 16.6 Å². The van der Waals surface area contributed by atoms with Crippen LogP contribution in [-0.2, 0) is 11.2 Å². The quantitative estimate of drug-likeness (QED) is 0.713. The van der Waals surface area contributed by atoms with E-state index in [9.17, 15) is 9.90 Å². The van der Waals surface area contributed by atoms with Gasteiger partial charge in [-0.05, 0) is 30.2 Å². The number of aryl methyl sites for hydroxylation is 1. The highest BCUT2D eigenvalue weighted by Gasteiger charge is 2.24. The maximum Gasteiger partial charge on any atom is 0.220 e. The van der Waals surface area contributed by atoms with E-state index in [1.165, 1.54) is 0 Å². The lowest BCUT2D eigenvalue weighted by Crippen LogP contribution is -2.34. The predicted octanol–water partition coefficient (Wildman–Crippen LogP) is 2.15. The first-order valence-electron chi connectivity index (χ1n) is 6.65. The highest BCUT2D eigenvalue weighted by molar-refractivity contribution is 9.10. The van der Waals surface area contributed by atoms with E-state index in [1.54, 1.807) is 0 Å². The Morgan fingerprint density at radius 3 is 2.90 bits per heavy atom. The van der Waals surface area contributed by atoms with E-state index in [1.807, 2.05) is 18.2 Å². The number of β-amino-alcohol motifs (C(OH)–C–C–N with tert-alkyl or cyclic N) is 1. The minimum atomic E-state index is -0.364. The van der Waals surface area contributed by atoms with Crippen molar-refractivity contribution in [2.24, 2.45) is 5.92 Å². The van der Waals surface area contributed by atoms with Gasteiger partial charge in [0.15, 0.2) is 0 Å². The van der Waals surface area contributed by atoms with Crippen LogP contribution < -0.4 is 10.6 Å². The second-order valence-corrected chi connectivity index (χ2v) is 6.32. The topological polar surface area (TPSA) is 61.4 Å². The lowest BCUT2D eigenvalue weighted by atomic mass is 10.1. The molecule has 0 aliphatic carbocycles. The molecule has 0 radical (unpaired) electrons. The fourth-order valence-electron chi connectivity index (χ4n) is 2.24. The molecular weight excluding hydrogens is 379 g/mol. The zero-order valence-corrected chi connectivity index (χ0v) is 14.6. The van der Waals surface area contributed by atoms with Crippen molar-refractivity contribution in [1.82, 2.24) is 10.6 Å². The zero-order chi connectivity index (χ0) is 14.5. The summed E-state index contributed by atoms with van der Waals surface area (Å²) in [5.41, 5.74) is 1.02. The van der Waals surface area contributed by atoms with Gasteiger partial charge in [0.05, 0.1) is 6.10 Å². The zero-order valence-electron chi connectivity index (χ0n) is 11.4. The Hall–Kier alpha value is -0.330. The van der Waals surface area contributed by atoms with Gasteiger partial charge < -0.3 is 15.7 Å². The number of hydrogen-bond acceptors (Lipinski definition) is 3. The molecule has 0 spiro atoms. The molecule has 0 aromatic heterocycles. The molecule has 3 N–H and O–H groups in total. The number of carbonyl (C=O) groups excluding carboxylic acids is 1. The third kappa shape index (κ3) is 5.75. The van der Waals surface area contributed by atoms with Crippen LogP contribution in [0.2, 0.25) is 5.02 Å². The predicted molar refractivity (Wildman–Crippen MR) is 90.1 cm³/mol. The van der Waals surface area contributed by atoms with Crippen molar-refractivity contribution in [2.45, 2.75) is 18.9 Å². The van der Waals surface area contributed by atoms with E-state index in [-0.39, 0.29) is 30.3 Å². The Labute approximate surface area is 144 Å². The van der Waals surface area contributed by atoms with Crippen LogP contribution in [0.4, 0.5) is 0 Å². The first kappa shape index (κ1) is 18.7. The summed E-state index contributed by atoms with van der Waals surface area (Å²) < 4.78 is 0.963. The van der Waals surface area contributed by atoms with Crippen LogP contribution in [0, 0.1) is 5.92 Å². The third-order valence-electron chi connectivity index (χ3n) is 3.49. The van der Waals surface area contributed by atoms with Crippen molar-refractivity contribution in [3.63, 3.8) is 0 Å². The highest BCUT2D eigenvalue weighted by atomic mass is 79.9. The molecular formula is C14H19BrCl2N2O2. The number of hydrogen-bond donors (Lipinski definition) is 3. The van der Waals surface area contributed by atoms with Crippen LogP contribution in [0.1, 0.15) is 12.0 Å². The molecule has 0 bridgehead atoms. The van der Waals surface area contributed by atoms with Gasteiger partial charge >= 0.3 is 0 Å². The van der Waals surface area contributed by atoms with Gasteiger partial charge in [0.2, 0.25) is 5.91 Å². The lowest BCUT2D eigenvalue weighted by molar-refractivity contribution is -0.121. The summed E-state index contributed by atoms with van der Waals surface area (Å²) in [6.07, 6.45) is 0.686. The van der Waals surface area contributed by atoms with Crippen molar-refractivity contribution in [3.8, 4) is 0 Å². The minimum Gasteiger partial charge on any atom is -0.391 e. The van der Waals surface area contributed by atoms with Crippen LogP contribution in [0.5, 0.6) is 0 Å². The first-order valence-corrected chi connectivity index (χ1v) is 7.83. The largest absolute Gasteiger partial charge is 0.391 e. The summed E-state index contributed by atoms with van der Waals surface area (Å²) in [4.78, 5) is 11.8. The van der Waals surface area contributed by atoms with E-state index in [0.29, 0.717) is 31.0 Å². The Bertz CT molecular complexity index is 488. The maximum atomic E-state index is 11.8. The smallest absolute Gasteiger partial charge is 0.220 e. The fraction of sp³-hybridized carbons (Fsp3) is 0.500. The number of aliphatic hydroxyl groups is 1. The second kappa shape index (κ2) is 8.96. The summed E-state index contributed by atoms with van der Waals surface area (Å²) in [5.74, 6) is 0.104. The Morgan fingerprint density at radius 2 is 2.24 bits per heavy atom. The van der Waals surface area contributed by atoms with Gasteiger partial charge in [0.1, 0.15) is 0 Å². The average molecular weight is 398 g/mol. The number of benzene rings is 1. The summed E-state index contributed by atoms with van der Waals surface area (Å²) in [6, 6.07) is 5.56. The highest BCUT2D eigenvalue weighted by Crippen LogP contribution is 2.22. The lowest BCUT2D eigenvalue weighted by Gasteiger charge is -2.14. The summed E-state index contributed by atoms with van der Waals surface area (Å²) in [7, 11) is 0. The van der Waals surface area contributed by atoms with Gasteiger partial charge in [-0.25, -0.2) is 0 Å². The van der Waals surface area contributed by atoms with Crippen molar-refractivity contribution in [2.75, 3.05) is 19.6 Å². The van der Waals surface area contributed by atoms with E-state index < -0.39 is 0 Å². The monoisotopic (exact) mass is 396 g/mol. The number of halogens is 3. The van der Waals surface area contributed by atoms with Crippen LogP contribution in [0.15, 0.2) is 22.7 Å². The SMILES string of the molecule is Cl.O=C(CCc1cc(Cl)ccc1Br)NCC1CNCC1O. The van der Waals surface area contributed by atoms with Gasteiger partial charge in [0.25, 0.3) is 0 Å². The van der Waals surface area contributed by atoms with Gasteiger partial charge in [-0.1, -0.05) is 27.5 Å². The summed E-state index contributed by atoms with van der Waals surface area (Å²) >= 11 is 9.39. The van der Waals surface area contributed by atoms with E-state index >= 15 is 0 Å². The van der Waals surface area contributed by atoms with Gasteiger partial charge in [-0.2, -0.15) is 0 Å². The molecule has 2 rings (SSSR count). The molecule has 1 aliphatic rings. The number of amides is 1.